The predicted molar refractivity (Wildman–Crippen MR) is 68.8 cm³/mol. The number of benzene rings is 1. The van der Waals surface area contributed by atoms with Crippen LogP contribution in [0.2, 0.25) is 0 Å². The van der Waals surface area contributed by atoms with Crippen molar-refractivity contribution in [2.75, 3.05) is 6.54 Å². The molecule has 1 aliphatic heterocycles. The van der Waals surface area contributed by atoms with E-state index in [-0.39, 0.29) is 18.4 Å². The van der Waals surface area contributed by atoms with Crippen molar-refractivity contribution in [2.24, 2.45) is 0 Å². The van der Waals surface area contributed by atoms with E-state index in [4.69, 9.17) is 0 Å². The Kier molecular flexibility index (Phi) is 3.11. The average Bonchev–Trinajstić information content (AvgIpc) is 2.30. The topological polar surface area (TPSA) is 49.4 Å². The molecule has 1 heterocycles. The molecule has 1 N–H and O–H groups in total. The Balaban J connectivity index is 2.25. The monoisotopic (exact) mass is 246 g/mol. The molecule has 1 saturated heterocycles. The smallest absolute Gasteiger partial charge is 0.245 e. The first-order valence-electron chi connectivity index (χ1n) is 6.05. The van der Waals surface area contributed by atoms with E-state index in [0.29, 0.717) is 6.54 Å². The van der Waals surface area contributed by atoms with E-state index in [1.165, 1.54) is 0 Å². The van der Waals surface area contributed by atoms with Crippen molar-refractivity contribution in [1.82, 2.24) is 10.2 Å². The molecule has 1 aliphatic rings. The molecule has 0 aromatic heterocycles. The Morgan fingerprint density at radius 1 is 1.33 bits per heavy atom. The van der Waals surface area contributed by atoms with E-state index in [1.807, 2.05) is 31.2 Å². The van der Waals surface area contributed by atoms with E-state index >= 15 is 0 Å². The van der Waals surface area contributed by atoms with Crippen molar-refractivity contribution >= 4 is 11.8 Å². The van der Waals surface area contributed by atoms with Gasteiger partial charge in [0.15, 0.2) is 0 Å². The highest BCUT2D eigenvalue weighted by Gasteiger charge is 2.41. The second-order valence-electron chi connectivity index (χ2n) is 5.21. The highest BCUT2D eigenvalue weighted by atomic mass is 16.2. The second kappa shape index (κ2) is 4.44. The van der Waals surface area contributed by atoms with Gasteiger partial charge in [-0.3, -0.25) is 9.59 Å². The molecule has 4 heteroatoms. The van der Waals surface area contributed by atoms with Gasteiger partial charge in [0.05, 0.1) is 6.54 Å². The first-order valence-corrected chi connectivity index (χ1v) is 6.05. The summed E-state index contributed by atoms with van der Waals surface area (Å²) in [6.45, 7) is 6.12. The van der Waals surface area contributed by atoms with Gasteiger partial charge in [0.2, 0.25) is 11.8 Å². The SMILES string of the molecule is Cc1cccc(CN2C(=O)CNC(=O)C2(C)C)c1. The van der Waals surface area contributed by atoms with Crippen LogP contribution in [-0.2, 0) is 16.1 Å². The van der Waals surface area contributed by atoms with Crippen molar-refractivity contribution in [3.05, 3.63) is 35.4 Å². The summed E-state index contributed by atoms with van der Waals surface area (Å²) >= 11 is 0. The van der Waals surface area contributed by atoms with E-state index < -0.39 is 5.54 Å². The Labute approximate surface area is 107 Å². The minimum absolute atomic E-state index is 0.0406. The fraction of sp³-hybridized carbons (Fsp3) is 0.429. The van der Waals surface area contributed by atoms with Gasteiger partial charge in [0.25, 0.3) is 0 Å². The third-order valence-electron chi connectivity index (χ3n) is 3.35. The van der Waals surface area contributed by atoms with Gasteiger partial charge in [-0.05, 0) is 26.3 Å². The van der Waals surface area contributed by atoms with E-state index in [2.05, 4.69) is 5.32 Å². The molecule has 1 aromatic rings. The van der Waals surface area contributed by atoms with Crippen LogP contribution in [0.3, 0.4) is 0 Å². The molecular formula is C14H18N2O2. The molecule has 96 valence electrons. The van der Waals surface area contributed by atoms with E-state index in [1.54, 1.807) is 18.7 Å². The summed E-state index contributed by atoms with van der Waals surface area (Å²) < 4.78 is 0. The molecule has 0 radical (unpaired) electrons. The average molecular weight is 246 g/mol. The van der Waals surface area contributed by atoms with Crippen LogP contribution in [0.15, 0.2) is 24.3 Å². The van der Waals surface area contributed by atoms with Gasteiger partial charge in [-0.15, -0.1) is 0 Å². The lowest BCUT2D eigenvalue weighted by atomic mass is 9.97. The molecular weight excluding hydrogens is 228 g/mol. The van der Waals surface area contributed by atoms with Crippen molar-refractivity contribution in [3.63, 3.8) is 0 Å². The Morgan fingerprint density at radius 3 is 2.72 bits per heavy atom. The Morgan fingerprint density at radius 2 is 2.06 bits per heavy atom. The van der Waals surface area contributed by atoms with Gasteiger partial charge >= 0.3 is 0 Å². The number of hydrogen-bond acceptors (Lipinski definition) is 2. The van der Waals surface area contributed by atoms with Crippen LogP contribution in [0, 0.1) is 6.92 Å². The van der Waals surface area contributed by atoms with Crippen LogP contribution in [0.25, 0.3) is 0 Å². The van der Waals surface area contributed by atoms with Gasteiger partial charge < -0.3 is 10.2 Å². The quantitative estimate of drug-likeness (QED) is 0.853. The lowest BCUT2D eigenvalue weighted by molar-refractivity contribution is -0.152. The molecule has 4 nitrogen and oxygen atoms in total. The van der Waals surface area contributed by atoms with Crippen molar-refractivity contribution in [1.29, 1.82) is 0 Å². The standard InChI is InChI=1S/C14H18N2O2/c1-10-5-4-6-11(7-10)9-16-12(17)8-15-13(18)14(16,2)3/h4-7H,8-9H2,1-3H3,(H,15,18). The molecule has 0 unspecified atom stereocenters. The van der Waals surface area contributed by atoms with E-state index in [9.17, 15) is 9.59 Å². The fourth-order valence-corrected chi connectivity index (χ4v) is 2.18. The highest BCUT2D eigenvalue weighted by molar-refractivity contribution is 5.97. The lowest BCUT2D eigenvalue weighted by Crippen LogP contribution is -2.63. The van der Waals surface area contributed by atoms with Gasteiger partial charge in [0, 0.05) is 6.54 Å². The number of nitrogens with zero attached hydrogens (tertiary/aromatic N) is 1. The van der Waals surface area contributed by atoms with Crippen LogP contribution in [0.4, 0.5) is 0 Å². The summed E-state index contributed by atoms with van der Waals surface area (Å²) in [7, 11) is 0. The van der Waals surface area contributed by atoms with Crippen LogP contribution in [0.5, 0.6) is 0 Å². The maximum absolute atomic E-state index is 12.0. The van der Waals surface area contributed by atoms with Crippen molar-refractivity contribution in [2.45, 2.75) is 32.9 Å². The third-order valence-corrected chi connectivity index (χ3v) is 3.35. The molecule has 0 spiro atoms. The van der Waals surface area contributed by atoms with E-state index in [0.717, 1.165) is 11.1 Å². The second-order valence-corrected chi connectivity index (χ2v) is 5.21. The van der Waals surface area contributed by atoms with Crippen LogP contribution in [-0.4, -0.2) is 28.8 Å². The van der Waals surface area contributed by atoms with Crippen LogP contribution in [0.1, 0.15) is 25.0 Å². The number of piperazine rings is 1. The molecule has 0 aliphatic carbocycles. The molecule has 0 atom stereocenters. The first-order chi connectivity index (χ1) is 8.41. The number of aryl methyl sites for hydroxylation is 1. The zero-order chi connectivity index (χ0) is 13.3. The first kappa shape index (κ1) is 12.6. The summed E-state index contributed by atoms with van der Waals surface area (Å²) in [5.41, 5.74) is 1.41. The molecule has 1 aromatic carbocycles. The van der Waals surface area contributed by atoms with Gasteiger partial charge in [0.1, 0.15) is 5.54 Å². The minimum Gasteiger partial charge on any atom is -0.345 e. The van der Waals surface area contributed by atoms with Gasteiger partial charge in [-0.1, -0.05) is 29.8 Å². The Bertz CT molecular complexity index is 494. The van der Waals surface area contributed by atoms with Crippen molar-refractivity contribution < 1.29 is 9.59 Å². The molecule has 2 rings (SSSR count). The van der Waals surface area contributed by atoms with Crippen LogP contribution < -0.4 is 5.32 Å². The summed E-state index contributed by atoms with van der Waals surface area (Å²) in [6, 6.07) is 7.99. The maximum atomic E-state index is 12.0. The summed E-state index contributed by atoms with van der Waals surface area (Å²) in [4.78, 5) is 25.4. The minimum atomic E-state index is -0.793. The molecule has 0 bridgehead atoms. The maximum Gasteiger partial charge on any atom is 0.245 e. The molecule has 2 amide bonds. The Hall–Kier alpha value is -1.84. The summed E-state index contributed by atoms with van der Waals surface area (Å²) in [5.74, 6) is -0.143. The lowest BCUT2D eigenvalue weighted by Gasteiger charge is -2.41. The molecule has 1 fully saturated rings. The van der Waals surface area contributed by atoms with Gasteiger partial charge in [-0.25, -0.2) is 0 Å². The number of amides is 2. The fourth-order valence-electron chi connectivity index (χ4n) is 2.18. The number of rotatable bonds is 2. The third kappa shape index (κ3) is 2.23. The predicted octanol–water partition coefficient (Wildman–Crippen LogP) is 1.23. The molecule has 18 heavy (non-hydrogen) atoms. The zero-order valence-electron chi connectivity index (χ0n) is 11.0. The number of nitrogens with one attached hydrogen (secondary N) is 1. The largest absolute Gasteiger partial charge is 0.345 e. The van der Waals surface area contributed by atoms with Crippen LogP contribution >= 0.6 is 0 Å². The summed E-state index contributed by atoms with van der Waals surface area (Å²) in [6.07, 6.45) is 0. The number of carbonyl (C=O) groups is 2. The molecule has 0 saturated carbocycles. The van der Waals surface area contributed by atoms with Gasteiger partial charge in [-0.2, -0.15) is 0 Å². The normalized spacial score (nSPS) is 18.7. The number of carbonyl (C=O) groups excluding carboxylic acids is 2. The zero-order valence-corrected chi connectivity index (χ0v) is 11.0. The van der Waals surface area contributed by atoms with Crippen molar-refractivity contribution in [3.8, 4) is 0 Å². The number of hydrogen-bond donors (Lipinski definition) is 1. The highest BCUT2D eigenvalue weighted by Crippen LogP contribution is 2.21. The summed E-state index contributed by atoms with van der Waals surface area (Å²) in [5, 5.41) is 2.62.